The summed E-state index contributed by atoms with van der Waals surface area (Å²) in [5.74, 6) is -1.24. The first kappa shape index (κ1) is 23.9. The van der Waals surface area contributed by atoms with E-state index in [9.17, 15) is 18.0 Å². The van der Waals surface area contributed by atoms with E-state index in [0.29, 0.717) is 18.9 Å². The Morgan fingerprint density at radius 3 is 2.31 bits per heavy atom. The van der Waals surface area contributed by atoms with Gasteiger partial charge in [0.15, 0.2) is 6.10 Å². The first-order valence-electron chi connectivity index (χ1n) is 10.4. The van der Waals surface area contributed by atoms with Crippen molar-refractivity contribution in [2.24, 2.45) is 0 Å². The third kappa shape index (κ3) is 5.35. The number of aryl methyl sites for hydroxylation is 3. The van der Waals surface area contributed by atoms with Crippen LogP contribution in [0.2, 0.25) is 0 Å². The predicted octanol–water partition coefficient (Wildman–Crippen LogP) is 2.82. The van der Waals surface area contributed by atoms with Crippen LogP contribution in [0.25, 0.3) is 0 Å². The largest absolute Gasteiger partial charge is 0.449 e. The van der Waals surface area contributed by atoms with Crippen LogP contribution in [0.5, 0.6) is 0 Å². The Bertz CT molecular complexity index is 1100. The molecule has 32 heavy (non-hydrogen) atoms. The lowest BCUT2D eigenvalue weighted by Crippen LogP contribution is -2.40. The molecule has 1 amide bonds. The zero-order valence-electron chi connectivity index (χ0n) is 18.7. The van der Waals surface area contributed by atoms with E-state index in [4.69, 9.17) is 9.47 Å². The third-order valence-electron chi connectivity index (χ3n) is 5.26. The van der Waals surface area contributed by atoms with Crippen molar-refractivity contribution in [3.8, 4) is 0 Å². The summed E-state index contributed by atoms with van der Waals surface area (Å²) in [5.41, 5.74) is 3.65. The molecule has 1 unspecified atom stereocenters. The number of morpholine rings is 1. The van der Waals surface area contributed by atoms with E-state index in [1.54, 1.807) is 0 Å². The summed E-state index contributed by atoms with van der Waals surface area (Å²) < 4.78 is 37.5. The second-order valence-corrected chi connectivity index (χ2v) is 9.79. The number of hydrogen-bond acceptors (Lipinski definition) is 6. The molecule has 0 spiro atoms. The highest BCUT2D eigenvalue weighted by molar-refractivity contribution is 7.89. The molecule has 172 valence electrons. The first-order valence-corrected chi connectivity index (χ1v) is 11.8. The number of carbonyl (C=O) groups is 2. The minimum absolute atomic E-state index is 0.00291. The lowest BCUT2D eigenvalue weighted by atomic mass is 10.0. The Hall–Kier alpha value is -2.75. The number of sulfonamides is 1. The van der Waals surface area contributed by atoms with Gasteiger partial charge in [-0.15, -0.1) is 0 Å². The van der Waals surface area contributed by atoms with Crippen LogP contribution in [0.15, 0.2) is 41.3 Å². The van der Waals surface area contributed by atoms with Gasteiger partial charge in [0.25, 0.3) is 5.91 Å². The fourth-order valence-corrected chi connectivity index (χ4v) is 5.06. The molecule has 0 bridgehead atoms. The Morgan fingerprint density at radius 2 is 1.69 bits per heavy atom. The minimum Gasteiger partial charge on any atom is -0.449 e. The normalized spacial score (nSPS) is 15.8. The Balaban J connectivity index is 1.70. The zero-order valence-corrected chi connectivity index (χ0v) is 19.5. The summed E-state index contributed by atoms with van der Waals surface area (Å²) in [7, 11) is -3.75. The van der Waals surface area contributed by atoms with Crippen molar-refractivity contribution in [3.63, 3.8) is 0 Å². The number of hydrogen-bond donors (Lipinski definition) is 1. The van der Waals surface area contributed by atoms with Gasteiger partial charge in [-0.25, -0.2) is 13.2 Å². The number of ether oxygens (including phenoxy) is 2. The summed E-state index contributed by atoms with van der Waals surface area (Å²) in [6.07, 6.45) is -1.07. The van der Waals surface area contributed by atoms with Gasteiger partial charge < -0.3 is 14.8 Å². The molecule has 3 rings (SSSR count). The fourth-order valence-electron chi connectivity index (χ4n) is 3.60. The summed E-state index contributed by atoms with van der Waals surface area (Å²) in [5, 5.41) is 2.81. The second-order valence-electron chi connectivity index (χ2n) is 7.85. The number of rotatable bonds is 6. The van der Waals surface area contributed by atoms with Gasteiger partial charge in [0.05, 0.1) is 23.7 Å². The van der Waals surface area contributed by atoms with E-state index >= 15 is 0 Å². The molecule has 1 saturated heterocycles. The van der Waals surface area contributed by atoms with Gasteiger partial charge in [-0.05, 0) is 57.0 Å². The van der Waals surface area contributed by atoms with Gasteiger partial charge in [-0.3, -0.25) is 4.79 Å². The average Bonchev–Trinajstić information content (AvgIpc) is 2.76. The highest BCUT2D eigenvalue weighted by Gasteiger charge is 2.27. The van der Waals surface area contributed by atoms with E-state index in [1.807, 2.05) is 32.9 Å². The molecule has 1 heterocycles. The molecule has 1 N–H and O–H groups in total. The topological polar surface area (TPSA) is 102 Å². The smallest absolute Gasteiger partial charge is 0.338 e. The fraction of sp³-hybridized carbons (Fsp3) is 0.391. The second kappa shape index (κ2) is 9.81. The lowest BCUT2D eigenvalue weighted by molar-refractivity contribution is -0.123. The number of anilines is 1. The SMILES string of the molecule is Cc1cc(C)c(NC(=O)C(C)OC(=O)c2cccc(S(=O)(=O)N3CCOCC3)c2)c(C)c1. The van der Waals surface area contributed by atoms with Crippen LogP contribution in [0.3, 0.4) is 0 Å². The maximum absolute atomic E-state index is 12.8. The van der Waals surface area contributed by atoms with Crippen molar-refractivity contribution in [2.45, 2.75) is 38.7 Å². The molecular weight excluding hydrogens is 432 g/mol. The van der Waals surface area contributed by atoms with Gasteiger partial charge in [0.1, 0.15) is 0 Å². The molecule has 0 radical (unpaired) electrons. The van der Waals surface area contributed by atoms with Gasteiger partial charge in [0.2, 0.25) is 10.0 Å². The highest BCUT2D eigenvalue weighted by atomic mass is 32.2. The van der Waals surface area contributed by atoms with Gasteiger partial charge in [-0.1, -0.05) is 23.8 Å². The minimum atomic E-state index is -3.75. The van der Waals surface area contributed by atoms with Gasteiger partial charge in [0, 0.05) is 18.8 Å². The quantitative estimate of drug-likeness (QED) is 0.665. The summed E-state index contributed by atoms with van der Waals surface area (Å²) >= 11 is 0. The van der Waals surface area contributed by atoms with Crippen molar-refractivity contribution in [1.29, 1.82) is 0 Å². The van der Waals surface area contributed by atoms with E-state index in [0.717, 1.165) is 16.7 Å². The van der Waals surface area contributed by atoms with Crippen molar-refractivity contribution in [3.05, 3.63) is 58.7 Å². The Kier molecular flexibility index (Phi) is 7.33. The first-order chi connectivity index (χ1) is 15.1. The van der Waals surface area contributed by atoms with Crippen LogP contribution in [-0.2, 0) is 24.3 Å². The summed E-state index contributed by atoms with van der Waals surface area (Å²) in [6, 6.07) is 9.55. The van der Waals surface area contributed by atoms with Crippen LogP contribution in [0.4, 0.5) is 5.69 Å². The highest BCUT2D eigenvalue weighted by Crippen LogP contribution is 2.23. The zero-order chi connectivity index (χ0) is 23.5. The van der Waals surface area contributed by atoms with Crippen LogP contribution >= 0.6 is 0 Å². The summed E-state index contributed by atoms with van der Waals surface area (Å²) in [6.45, 7) is 8.41. The number of benzene rings is 2. The maximum atomic E-state index is 12.8. The van der Waals surface area contributed by atoms with Crippen LogP contribution in [0, 0.1) is 20.8 Å². The Morgan fingerprint density at radius 1 is 1.06 bits per heavy atom. The molecule has 1 fully saturated rings. The molecule has 1 aliphatic rings. The number of carbonyl (C=O) groups excluding carboxylic acids is 2. The van der Waals surface area contributed by atoms with Crippen molar-refractivity contribution in [2.75, 3.05) is 31.6 Å². The molecule has 0 saturated carbocycles. The van der Waals surface area contributed by atoms with E-state index < -0.39 is 28.0 Å². The molecule has 0 aromatic heterocycles. The van der Waals surface area contributed by atoms with Gasteiger partial charge >= 0.3 is 5.97 Å². The molecular formula is C23H28N2O6S. The predicted molar refractivity (Wildman–Crippen MR) is 120 cm³/mol. The molecule has 1 atom stereocenters. The third-order valence-corrected chi connectivity index (χ3v) is 7.15. The van der Waals surface area contributed by atoms with Crippen molar-refractivity contribution in [1.82, 2.24) is 4.31 Å². The van der Waals surface area contributed by atoms with E-state index in [-0.39, 0.29) is 23.5 Å². The Labute approximate surface area is 188 Å². The number of nitrogens with one attached hydrogen (secondary N) is 1. The van der Waals surface area contributed by atoms with Crippen LogP contribution < -0.4 is 5.32 Å². The maximum Gasteiger partial charge on any atom is 0.338 e. The molecule has 2 aromatic carbocycles. The van der Waals surface area contributed by atoms with Crippen LogP contribution in [-0.4, -0.2) is 57.0 Å². The molecule has 8 nitrogen and oxygen atoms in total. The number of nitrogens with zero attached hydrogens (tertiary/aromatic N) is 1. The summed E-state index contributed by atoms with van der Waals surface area (Å²) in [4.78, 5) is 25.2. The van der Waals surface area contributed by atoms with Gasteiger partial charge in [-0.2, -0.15) is 4.31 Å². The lowest BCUT2D eigenvalue weighted by Gasteiger charge is -2.26. The molecule has 0 aliphatic carbocycles. The number of esters is 1. The monoisotopic (exact) mass is 460 g/mol. The number of amides is 1. The molecule has 9 heteroatoms. The molecule has 1 aliphatic heterocycles. The van der Waals surface area contributed by atoms with Crippen molar-refractivity contribution >= 4 is 27.6 Å². The van der Waals surface area contributed by atoms with E-state index in [2.05, 4.69) is 5.32 Å². The molecule has 2 aromatic rings. The standard InChI is InChI=1S/C23H28N2O6S/c1-15-12-16(2)21(17(3)13-15)24-22(26)18(4)31-23(27)19-6-5-7-20(14-19)32(28,29)25-8-10-30-11-9-25/h5-7,12-14,18H,8-11H2,1-4H3,(H,24,26). The van der Waals surface area contributed by atoms with E-state index in [1.165, 1.54) is 35.5 Å². The average molecular weight is 461 g/mol. The van der Waals surface area contributed by atoms with Crippen molar-refractivity contribution < 1.29 is 27.5 Å². The van der Waals surface area contributed by atoms with Crippen LogP contribution in [0.1, 0.15) is 34.0 Å².